The Morgan fingerprint density at radius 2 is 2.28 bits per heavy atom. The van der Waals surface area contributed by atoms with Gasteiger partial charge < -0.3 is 10.4 Å². The minimum Gasteiger partial charge on any atom is -0.391 e. The fraction of sp³-hybridized carbons (Fsp3) is 0.417. The Morgan fingerprint density at radius 1 is 1.56 bits per heavy atom. The van der Waals surface area contributed by atoms with E-state index in [0.717, 1.165) is 0 Å². The summed E-state index contributed by atoms with van der Waals surface area (Å²) in [4.78, 5) is 20.2. The van der Waals surface area contributed by atoms with Crippen LogP contribution in [0, 0.1) is 0 Å². The molecular formula is C12H16N4O2. The van der Waals surface area contributed by atoms with Crippen molar-refractivity contribution in [3.05, 3.63) is 30.4 Å². The van der Waals surface area contributed by atoms with Gasteiger partial charge in [0.1, 0.15) is 5.69 Å². The second-order valence-electron chi connectivity index (χ2n) is 4.80. The molecule has 6 heteroatoms. The van der Waals surface area contributed by atoms with Gasteiger partial charge in [0.15, 0.2) is 0 Å². The lowest BCUT2D eigenvalue weighted by Crippen LogP contribution is -2.51. The Bertz CT molecular complexity index is 541. The average molecular weight is 248 g/mol. The third kappa shape index (κ3) is 2.33. The Hall–Kier alpha value is -1.95. The zero-order chi connectivity index (χ0) is 13.3. The summed E-state index contributed by atoms with van der Waals surface area (Å²) in [5, 5.41) is 12.3. The maximum absolute atomic E-state index is 12.0. The maximum atomic E-state index is 12.0. The van der Waals surface area contributed by atoms with Crippen molar-refractivity contribution in [3.8, 4) is 0 Å². The lowest BCUT2D eigenvalue weighted by molar-refractivity contribution is 0.0706. The fourth-order valence-electron chi connectivity index (χ4n) is 1.40. The van der Waals surface area contributed by atoms with Crippen molar-refractivity contribution in [2.24, 2.45) is 0 Å². The van der Waals surface area contributed by atoms with Gasteiger partial charge in [-0.2, -0.15) is 0 Å². The molecule has 2 aromatic heterocycles. The molecule has 1 amide bonds. The van der Waals surface area contributed by atoms with Crippen LogP contribution in [-0.4, -0.2) is 37.0 Å². The first-order valence-corrected chi connectivity index (χ1v) is 5.70. The number of aromatic nitrogens is 3. The maximum Gasteiger partial charge on any atom is 0.272 e. The molecule has 0 bridgehead atoms. The lowest BCUT2D eigenvalue weighted by atomic mass is 9.99. The second-order valence-corrected chi connectivity index (χ2v) is 4.80. The molecule has 0 aliphatic rings. The van der Waals surface area contributed by atoms with Gasteiger partial charge in [0.05, 0.1) is 11.6 Å². The Kier molecular flexibility index (Phi) is 3.04. The molecule has 96 valence electrons. The van der Waals surface area contributed by atoms with Crippen LogP contribution >= 0.6 is 0 Å². The van der Waals surface area contributed by atoms with Crippen molar-refractivity contribution in [1.82, 2.24) is 19.7 Å². The van der Waals surface area contributed by atoms with Crippen molar-refractivity contribution in [2.45, 2.75) is 32.4 Å². The van der Waals surface area contributed by atoms with E-state index in [0.29, 0.717) is 5.78 Å². The van der Waals surface area contributed by atoms with E-state index in [9.17, 15) is 9.90 Å². The number of nitrogens with one attached hydrogen (secondary N) is 1. The van der Waals surface area contributed by atoms with E-state index in [4.69, 9.17) is 0 Å². The predicted octanol–water partition coefficient (Wildman–Crippen LogP) is 0.618. The van der Waals surface area contributed by atoms with Crippen molar-refractivity contribution in [1.29, 1.82) is 0 Å². The van der Waals surface area contributed by atoms with E-state index in [1.54, 1.807) is 49.8 Å². The molecule has 0 saturated carbocycles. The molecule has 2 aromatic rings. The summed E-state index contributed by atoms with van der Waals surface area (Å²) in [6.07, 6.45) is 4.34. The number of amides is 1. The van der Waals surface area contributed by atoms with E-state index in [2.05, 4.69) is 15.3 Å². The smallest absolute Gasteiger partial charge is 0.272 e. The van der Waals surface area contributed by atoms with Crippen LogP contribution in [0.25, 0.3) is 5.78 Å². The molecule has 6 nitrogen and oxygen atoms in total. The summed E-state index contributed by atoms with van der Waals surface area (Å²) < 4.78 is 1.67. The first-order chi connectivity index (χ1) is 8.40. The van der Waals surface area contributed by atoms with Crippen LogP contribution in [0.3, 0.4) is 0 Å². The number of carbonyl (C=O) groups excluding carboxylic acids is 1. The molecular weight excluding hydrogens is 232 g/mol. The third-order valence-corrected chi connectivity index (χ3v) is 2.95. The monoisotopic (exact) mass is 248 g/mol. The largest absolute Gasteiger partial charge is 0.391 e. The number of aliphatic hydroxyl groups is 1. The van der Waals surface area contributed by atoms with Gasteiger partial charge >= 0.3 is 0 Å². The van der Waals surface area contributed by atoms with Crippen molar-refractivity contribution in [2.75, 3.05) is 0 Å². The van der Waals surface area contributed by atoms with E-state index < -0.39 is 11.6 Å². The molecule has 0 aromatic carbocycles. The number of aliphatic hydroxyl groups excluding tert-OH is 1. The number of fused-ring (bicyclic) bond motifs is 1. The molecule has 0 aliphatic carbocycles. The molecule has 0 spiro atoms. The molecule has 2 heterocycles. The van der Waals surface area contributed by atoms with Crippen LogP contribution in [0.15, 0.2) is 24.7 Å². The van der Waals surface area contributed by atoms with Gasteiger partial charge in [-0.3, -0.25) is 9.20 Å². The van der Waals surface area contributed by atoms with Crippen LogP contribution in [0.4, 0.5) is 0 Å². The highest BCUT2D eigenvalue weighted by Crippen LogP contribution is 2.10. The number of imidazole rings is 1. The van der Waals surface area contributed by atoms with Gasteiger partial charge in [0.25, 0.3) is 5.91 Å². The molecule has 2 N–H and O–H groups in total. The highest BCUT2D eigenvalue weighted by molar-refractivity contribution is 5.93. The SMILES string of the molecule is CC(O)C(C)(C)NC(=O)c1cn2cccnc2n1. The third-order valence-electron chi connectivity index (χ3n) is 2.95. The zero-order valence-corrected chi connectivity index (χ0v) is 10.6. The zero-order valence-electron chi connectivity index (χ0n) is 10.6. The number of nitrogens with zero attached hydrogens (tertiary/aromatic N) is 3. The van der Waals surface area contributed by atoms with Crippen LogP contribution in [0.1, 0.15) is 31.3 Å². The Balaban J connectivity index is 2.24. The Morgan fingerprint density at radius 3 is 2.89 bits per heavy atom. The van der Waals surface area contributed by atoms with E-state index in [1.165, 1.54) is 0 Å². The van der Waals surface area contributed by atoms with Gasteiger partial charge in [-0.1, -0.05) is 0 Å². The molecule has 1 atom stereocenters. The molecule has 2 rings (SSSR count). The number of hydrogen-bond donors (Lipinski definition) is 2. The minimum absolute atomic E-state index is 0.280. The molecule has 0 radical (unpaired) electrons. The van der Waals surface area contributed by atoms with Crippen LogP contribution in [0.2, 0.25) is 0 Å². The van der Waals surface area contributed by atoms with Gasteiger partial charge in [-0.15, -0.1) is 0 Å². The highest BCUT2D eigenvalue weighted by atomic mass is 16.3. The quantitative estimate of drug-likeness (QED) is 0.834. The normalized spacial score (nSPS) is 13.6. The molecule has 1 unspecified atom stereocenters. The fourth-order valence-corrected chi connectivity index (χ4v) is 1.40. The predicted molar refractivity (Wildman–Crippen MR) is 66.2 cm³/mol. The number of carbonyl (C=O) groups is 1. The molecule has 18 heavy (non-hydrogen) atoms. The van der Waals surface area contributed by atoms with Gasteiger partial charge in [-0.25, -0.2) is 9.97 Å². The van der Waals surface area contributed by atoms with Crippen LogP contribution < -0.4 is 5.32 Å². The van der Waals surface area contributed by atoms with E-state index in [-0.39, 0.29) is 11.6 Å². The minimum atomic E-state index is -0.708. The Labute approximate surface area is 105 Å². The van der Waals surface area contributed by atoms with E-state index >= 15 is 0 Å². The average Bonchev–Trinajstić information content (AvgIpc) is 2.71. The molecule has 0 aliphatic heterocycles. The number of rotatable bonds is 3. The first-order valence-electron chi connectivity index (χ1n) is 5.70. The highest BCUT2D eigenvalue weighted by Gasteiger charge is 2.27. The first kappa shape index (κ1) is 12.5. The van der Waals surface area contributed by atoms with Crippen LogP contribution in [-0.2, 0) is 0 Å². The summed E-state index contributed by atoms with van der Waals surface area (Å²) in [5.74, 6) is 0.143. The molecule has 0 fully saturated rings. The molecule has 0 saturated heterocycles. The van der Waals surface area contributed by atoms with E-state index in [1.807, 2.05) is 0 Å². The van der Waals surface area contributed by atoms with Gasteiger partial charge in [-0.05, 0) is 26.8 Å². The summed E-state index contributed by atoms with van der Waals surface area (Å²) in [5.41, 5.74) is -0.428. The van der Waals surface area contributed by atoms with Crippen LogP contribution in [0.5, 0.6) is 0 Å². The van der Waals surface area contributed by atoms with Gasteiger partial charge in [0, 0.05) is 18.6 Å². The van der Waals surface area contributed by atoms with Gasteiger partial charge in [0.2, 0.25) is 5.78 Å². The summed E-state index contributed by atoms with van der Waals surface area (Å²) in [6, 6.07) is 1.76. The second kappa shape index (κ2) is 4.38. The van der Waals surface area contributed by atoms with Crippen molar-refractivity contribution < 1.29 is 9.90 Å². The van der Waals surface area contributed by atoms with Crippen molar-refractivity contribution in [3.63, 3.8) is 0 Å². The summed E-state index contributed by atoms with van der Waals surface area (Å²) >= 11 is 0. The number of hydrogen-bond acceptors (Lipinski definition) is 4. The standard InChI is InChI=1S/C12H16N4O2/c1-8(17)12(2,3)15-10(18)9-7-16-6-4-5-13-11(16)14-9/h4-8,17H,1-3H3,(H,15,18). The lowest BCUT2D eigenvalue weighted by Gasteiger charge is -2.28. The summed E-state index contributed by atoms with van der Waals surface area (Å²) in [6.45, 7) is 5.14. The topological polar surface area (TPSA) is 79.5 Å². The summed E-state index contributed by atoms with van der Waals surface area (Å²) in [7, 11) is 0. The van der Waals surface area contributed by atoms with Crippen molar-refractivity contribution >= 4 is 11.7 Å².